The van der Waals surface area contributed by atoms with Crippen molar-refractivity contribution < 1.29 is 19.7 Å². The van der Waals surface area contributed by atoms with Crippen LogP contribution in [0.15, 0.2) is 34.8 Å². The molecule has 1 aromatic heterocycles. The molecule has 0 saturated carbocycles. The smallest absolute Gasteiger partial charge is 0.273 e. The summed E-state index contributed by atoms with van der Waals surface area (Å²) in [5.74, 6) is 0.0960. The largest absolute Gasteiger partial charge is 0.507 e. The van der Waals surface area contributed by atoms with Crippen molar-refractivity contribution in [1.82, 2.24) is 15.1 Å². The number of ether oxygens (including phenoxy) is 1. The van der Waals surface area contributed by atoms with Crippen molar-refractivity contribution in [1.29, 1.82) is 0 Å². The molecular formula is C21H19BrClN3O4. The van der Waals surface area contributed by atoms with Crippen LogP contribution in [0.4, 0.5) is 0 Å². The number of aromatic nitrogens is 2. The Morgan fingerprint density at radius 3 is 2.77 bits per heavy atom. The van der Waals surface area contributed by atoms with Crippen molar-refractivity contribution in [2.45, 2.75) is 19.4 Å². The van der Waals surface area contributed by atoms with E-state index in [9.17, 15) is 15.0 Å². The van der Waals surface area contributed by atoms with Crippen LogP contribution in [0.25, 0.3) is 11.3 Å². The molecule has 0 fully saturated rings. The SMILES string of the molecule is CCCN1C(=O)c2[nH]nc(-c3cc(Cl)ccc3O)c2C1c1cc(Br)c(O)c(OC)c1. The molecule has 156 valence electrons. The number of nitrogens with one attached hydrogen (secondary N) is 1. The fourth-order valence-electron chi connectivity index (χ4n) is 3.83. The van der Waals surface area contributed by atoms with Gasteiger partial charge in [0.25, 0.3) is 5.91 Å². The summed E-state index contributed by atoms with van der Waals surface area (Å²) >= 11 is 9.51. The van der Waals surface area contributed by atoms with Gasteiger partial charge in [0.1, 0.15) is 17.1 Å². The first kappa shape index (κ1) is 20.6. The molecule has 3 aromatic rings. The maximum absolute atomic E-state index is 13.1. The first-order chi connectivity index (χ1) is 14.4. The van der Waals surface area contributed by atoms with Crippen molar-refractivity contribution in [3.8, 4) is 28.5 Å². The van der Waals surface area contributed by atoms with Gasteiger partial charge in [-0.3, -0.25) is 9.89 Å². The van der Waals surface area contributed by atoms with E-state index in [2.05, 4.69) is 26.1 Å². The quantitative estimate of drug-likeness (QED) is 0.472. The van der Waals surface area contributed by atoms with Crippen LogP contribution in [-0.2, 0) is 0 Å². The fourth-order valence-corrected chi connectivity index (χ4v) is 4.46. The number of fused-ring (bicyclic) bond motifs is 1. The second-order valence-corrected chi connectivity index (χ2v) is 8.27. The second kappa shape index (κ2) is 7.85. The molecule has 1 aliphatic rings. The lowest BCUT2D eigenvalue weighted by Crippen LogP contribution is -2.30. The van der Waals surface area contributed by atoms with Gasteiger partial charge in [-0.2, -0.15) is 5.10 Å². The van der Waals surface area contributed by atoms with Gasteiger partial charge in [-0.25, -0.2) is 0 Å². The number of carbonyl (C=O) groups excluding carboxylic acids is 1. The van der Waals surface area contributed by atoms with Crippen LogP contribution in [0.3, 0.4) is 0 Å². The van der Waals surface area contributed by atoms with Crippen molar-refractivity contribution in [2.24, 2.45) is 0 Å². The Bertz CT molecular complexity index is 1150. The lowest BCUT2D eigenvalue weighted by atomic mass is 9.95. The van der Waals surface area contributed by atoms with Gasteiger partial charge in [-0.05, 0) is 58.2 Å². The number of carbonyl (C=O) groups is 1. The maximum Gasteiger partial charge on any atom is 0.273 e. The van der Waals surface area contributed by atoms with E-state index in [0.29, 0.717) is 38.6 Å². The summed E-state index contributed by atoms with van der Waals surface area (Å²) in [4.78, 5) is 14.9. The van der Waals surface area contributed by atoms with Crippen LogP contribution < -0.4 is 4.74 Å². The Kier molecular flexibility index (Phi) is 5.38. The van der Waals surface area contributed by atoms with E-state index in [1.165, 1.54) is 13.2 Å². The zero-order chi connectivity index (χ0) is 21.6. The van der Waals surface area contributed by atoms with Crippen molar-refractivity contribution in [3.63, 3.8) is 0 Å². The summed E-state index contributed by atoms with van der Waals surface area (Å²) in [7, 11) is 1.47. The van der Waals surface area contributed by atoms with Crippen LogP contribution in [0.5, 0.6) is 17.2 Å². The molecule has 3 N–H and O–H groups in total. The van der Waals surface area contributed by atoms with E-state index in [1.54, 1.807) is 29.2 Å². The fraction of sp³-hybridized carbons (Fsp3) is 0.238. The highest BCUT2D eigenvalue weighted by atomic mass is 79.9. The van der Waals surface area contributed by atoms with Crippen molar-refractivity contribution in [2.75, 3.05) is 13.7 Å². The van der Waals surface area contributed by atoms with Crippen LogP contribution in [-0.4, -0.2) is 44.9 Å². The lowest BCUT2D eigenvalue weighted by molar-refractivity contribution is 0.0743. The molecular weight excluding hydrogens is 474 g/mol. The third-order valence-corrected chi connectivity index (χ3v) is 5.97. The van der Waals surface area contributed by atoms with Crippen LogP contribution >= 0.6 is 27.5 Å². The third-order valence-electron chi connectivity index (χ3n) is 5.13. The zero-order valence-corrected chi connectivity index (χ0v) is 18.6. The van der Waals surface area contributed by atoms with E-state index in [0.717, 1.165) is 12.0 Å². The number of halogens is 2. The highest BCUT2D eigenvalue weighted by molar-refractivity contribution is 9.10. The number of aromatic amines is 1. The highest BCUT2D eigenvalue weighted by Crippen LogP contribution is 2.47. The number of methoxy groups -OCH3 is 1. The molecule has 0 radical (unpaired) electrons. The monoisotopic (exact) mass is 491 g/mol. The van der Waals surface area contributed by atoms with Crippen LogP contribution in [0, 0.1) is 0 Å². The van der Waals surface area contributed by atoms with Gasteiger partial charge in [-0.1, -0.05) is 18.5 Å². The molecule has 7 nitrogen and oxygen atoms in total. The Morgan fingerprint density at radius 2 is 2.07 bits per heavy atom. The van der Waals surface area contributed by atoms with Gasteiger partial charge >= 0.3 is 0 Å². The highest BCUT2D eigenvalue weighted by Gasteiger charge is 2.42. The van der Waals surface area contributed by atoms with E-state index in [4.69, 9.17) is 16.3 Å². The number of phenols is 2. The maximum atomic E-state index is 13.1. The van der Waals surface area contributed by atoms with E-state index < -0.39 is 6.04 Å². The molecule has 0 bridgehead atoms. The van der Waals surface area contributed by atoms with Crippen LogP contribution in [0.1, 0.15) is 41.0 Å². The number of benzene rings is 2. The van der Waals surface area contributed by atoms with Gasteiger partial charge in [0.05, 0.1) is 17.6 Å². The minimum atomic E-state index is -0.481. The lowest BCUT2D eigenvalue weighted by Gasteiger charge is -2.26. The van der Waals surface area contributed by atoms with E-state index in [-0.39, 0.29) is 23.2 Å². The summed E-state index contributed by atoms with van der Waals surface area (Å²) in [6, 6.07) is 7.66. The van der Waals surface area contributed by atoms with Gasteiger partial charge < -0.3 is 19.8 Å². The summed E-state index contributed by atoms with van der Waals surface area (Å²) in [5.41, 5.74) is 2.63. The summed E-state index contributed by atoms with van der Waals surface area (Å²) in [6.45, 7) is 2.51. The second-order valence-electron chi connectivity index (χ2n) is 6.98. The van der Waals surface area contributed by atoms with Gasteiger partial charge in [0.2, 0.25) is 0 Å². The molecule has 2 heterocycles. The summed E-state index contributed by atoms with van der Waals surface area (Å²) in [6.07, 6.45) is 0.758. The predicted octanol–water partition coefficient (Wildman–Crippen LogP) is 4.87. The first-order valence-corrected chi connectivity index (χ1v) is 10.5. The summed E-state index contributed by atoms with van der Waals surface area (Å²) < 4.78 is 5.75. The number of rotatable bonds is 5. The molecule has 4 rings (SSSR count). The number of hydrogen-bond acceptors (Lipinski definition) is 5. The Morgan fingerprint density at radius 1 is 1.30 bits per heavy atom. The molecule has 9 heteroatoms. The number of aromatic hydroxyl groups is 2. The predicted molar refractivity (Wildman–Crippen MR) is 116 cm³/mol. The topological polar surface area (TPSA) is 98.7 Å². The van der Waals surface area contributed by atoms with Gasteiger partial charge in [-0.15, -0.1) is 0 Å². The molecule has 1 amide bonds. The number of phenolic OH excluding ortho intramolecular Hbond substituents is 2. The Labute approximate surface area is 186 Å². The molecule has 1 atom stereocenters. The Hall–Kier alpha value is -2.71. The minimum absolute atomic E-state index is 0.0123. The van der Waals surface area contributed by atoms with Crippen molar-refractivity contribution >= 4 is 33.4 Å². The number of H-pyrrole nitrogens is 1. The molecule has 1 aliphatic heterocycles. The molecule has 2 aromatic carbocycles. The first-order valence-electron chi connectivity index (χ1n) is 9.31. The third kappa shape index (κ3) is 3.20. The summed E-state index contributed by atoms with van der Waals surface area (Å²) in [5, 5.41) is 28.3. The molecule has 1 unspecified atom stereocenters. The molecule has 0 spiro atoms. The van der Waals surface area contributed by atoms with Gasteiger partial charge in [0.15, 0.2) is 11.5 Å². The zero-order valence-electron chi connectivity index (χ0n) is 16.2. The molecule has 0 saturated heterocycles. The average molecular weight is 493 g/mol. The molecule has 0 aliphatic carbocycles. The van der Waals surface area contributed by atoms with Gasteiger partial charge in [0, 0.05) is 22.7 Å². The Balaban J connectivity index is 1.96. The van der Waals surface area contributed by atoms with Crippen molar-refractivity contribution in [3.05, 3.63) is 56.6 Å². The van der Waals surface area contributed by atoms with Crippen LogP contribution in [0.2, 0.25) is 5.02 Å². The number of hydrogen-bond donors (Lipinski definition) is 3. The van der Waals surface area contributed by atoms with E-state index in [1.807, 2.05) is 6.92 Å². The molecule has 30 heavy (non-hydrogen) atoms. The average Bonchev–Trinajstić information content (AvgIpc) is 3.26. The number of amides is 1. The minimum Gasteiger partial charge on any atom is -0.507 e. The van der Waals surface area contributed by atoms with E-state index >= 15 is 0 Å². The standard InChI is InChI=1S/C21H19BrClN3O4/c1-3-6-26-19(10-7-13(22)20(28)15(8-10)30-2)16-17(24-25-18(16)21(26)29)12-9-11(23)4-5-14(12)27/h4-5,7-9,19,27-28H,3,6H2,1-2H3,(H,24,25). The normalized spacial score (nSPS) is 15.5. The number of nitrogens with zero attached hydrogens (tertiary/aromatic N) is 2.